The maximum absolute atomic E-state index is 5.38. The molecule has 16 heavy (non-hydrogen) atoms. The molecular weight excluding hydrogens is 198 g/mol. The SMILES string of the molecule is COc1ccc(C)cc1CC(C)NC(C)C. The molecular formula is C14H23NO. The fourth-order valence-corrected chi connectivity index (χ4v) is 2.02. The number of nitrogens with one attached hydrogen (secondary N) is 1. The minimum absolute atomic E-state index is 0.468. The van der Waals surface area contributed by atoms with Crippen LogP contribution in [-0.4, -0.2) is 19.2 Å². The first kappa shape index (κ1) is 13.0. The quantitative estimate of drug-likeness (QED) is 0.825. The van der Waals surface area contributed by atoms with Gasteiger partial charge in [-0.1, -0.05) is 31.5 Å². The van der Waals surface area contributed by atoms with Crippen LogP contribution in [0.2, 0.25) is 0 Å². The van der Waals surface area contributed by atoms with Crippen molar-refractivity contribution in [1.82, 2.24) is 5.32 Å². The predicted octanol–water partition coefficient (Wildman–Crippen LogP) is 2.93. The molecule has 0 aliphatic carbocycles. The highest BCUT2D eigenvalue weighted by Gasteiger charge is 2.09. The Morgan fingerprint density at radius 2 is 1.94 bits per heavy atom. The molecule has 0 saturated carbocycles. The topological polar surface area (TPSA) is 21.3 Å². The summed E-state index contributed by atoms with van der Waals surface area (Å²) in [5.74, 6) is 0.989. The standard InChI is InChI=1S/C14H23NO/c1-10(2)15-12(4)9-13-8-11(3)6-7-14(13)16-5/h6-8,10,12,15H,9H2,1-5H3. The van der Waals surface area contributed by atoms with Crippen molar-refractivity contribution in [2.24, 2.45) is 0 Å². The van der Waals surface area contributed by atoms with E-state index in [1.165, 1.54) is 11.1 Å². The second-order valence-corrected chi connectivity index (χ2v) is 4.74. The molecule has 2 nitrogen and oxygen atoms in total. The van der Waals surface area contributed by atoms with Gasteiger partial charge < -0.3 is 10.1 Å². The van der Waals surface area contributed by atoms with Gasteiger partial charge in [0.05, 0.1) is 7.11 Å². The lowest BCUT2D eigenvalue weighted by Crippen LogP contribution is -2.33. The Kier molecular flexibility index (Phi) is 4.81. The number of hydrogen-bond acceptors (Lipinski definition) is 2. The van der Waals surface area contributed by atoms with Crippen LogP contribution in [0.15, 0.2) is 18.2 Å². The van der Waals surface area contributed by atoms with Gasteiger partial charge in [-0.15, -0.1) is 0 Å². The molecule has 0 radical (unpaired) electrons. The van der Waals surface area contributed by atoms with Crippen LogP contribution in [0, 0.1) is 6.92 Å². The number of hydrogen-bond donors (Lipinski definition) is 1. The molecule has 1 unspecified atom stereocenters. The first-order chi connectivity index (χ1) is 7.52. The molecule has 0 aliphatic heterocycles. The number of benzene rings is 1. The predicted molar refractivity (Wildman–Crippen MR) is 69.2 cm³/mol. The lowest BCUT2D eigenvalue weighted by molar-refractivity contribution is 0.404. The third-order valence-corrected chi connectivity index (χ3v) is 2.58. The summed E-state index contributed by atoms with van der Waals surface area (Å²) in [6, 6.07) is 7.33. The van der Waals surface area contributed by atoms with Crippen molar-refractivity contribution in [3.8, 4) is 5.75 Å². The Hall–Kier alpha value is -1.02. The lowest BCUT2D eigenvalue weighted by Gasteiger charge is -2.18. The lowest BCUT2D eigenvalue weighted by atomic mass is 10.0. The van der Waals surface area contributed by atoms with Gasteiger partial charge in [-0.25, -0.2) is 0 Å². The monoisotopic (exact) mass is 221 g/mol. The maximum atomic E-state index is 5.38. The molecule has 1 aromatic rings. The van der Waals surface area contributed by atoms with Gasteiger partial charge in [0.2, 0.25) is 0 Å². The normalized spacial score (nSPS) is 12.9. The van der Waals surface area contributed by atoms with E-state index in [0.29, 0.717) is 12.1 Å². The van der Waals surface area contributed by atoms with Gasteiger partial charge in [0.15, 0.2) is 0 Å². The highest BCUT2D eigenvalue weighted by molar-refractivity contribution is 5.37. The molecule has 1 rings (SSSR count). The van der Waals surface area contributed by atoms with Crippen molar-refractivity contribution in [3.05, 3.63) is 29.3 Å². The molecule has 0 saturated heterocycles. The van der Waals surface area contributed by atoms with Gasteiger partial charge in [0.25, 0.3) is 0 Å². The summed E-state index contributed by atoms with van der Waals surface area (Å²) in [5.41, 5.74) is 2.57. The Balaban J connectivity index is 2.74. The van der Waals surface area contributed by atoms with Crippen LogP contribution >= 0.6 is 0 Å². The molecule has 0 spiro atoms. The first-order valence-electron chi connectivity index (χ1n) is 5.92. The van der Waals surface area contributed by atoms with E-state index in [1.54, 1.807) is 7.11 Å². The summed E-state index contributed by atoms with van der Waals surface area (Å²) in [7, 11) is 1.73. The van der Waals surface area contributed by atoms with Crippen LogP contribution in [0.3, 0.4) is 0 Å². The Labute approximate surface area is 99.0 Å². The summed E-state index contributed by atoms with van der Waals surface area (Å²) in [6.45, 7) is 8.67. The molecule has 90 valence electrons. The Morgan fingerprint density at radius 3 is 2.50 bits per heavy atom. The average molecular weight is 221 g/mol. The highest BCUT2D eigenvalue weighted by atomic mass is 16.5. The van der Waals surface area contributed by atoms with Gasteiger partial charge in [-0.2, -0.15) is 0 Å². The van der Waals surface area contributed by atoms with Gasteiger partial charge in [0, 0.05) is 12.1 Å². The zero-order valence-corrected chi connectivity index (χ0v) is 11.0. The van der Waals surface area contributed by atoms with Crippen LogP contribution < -0.4 is 10.1 Å². The number of methoxy groups -OCH3 is 1. The molecule has 0 amide bonds. The van der Waals surface area contributed by atoms with Gasteiger partial charge in [0.1, 0.15) is 5.75 Å². The summed E-state index contributed by atoms with van der Waals surface area (Å²) < 4.78 is 5.38. The van der Waals surface area contributed by atoms with Crippen molar-refractivity contribution in [2.75, 3.05) is 7.11 Å². The van der Waals surface area contributed by atoms with Gasteiger partial charge in [-0.3, -0.25) is 0 Å². The third-order valence-electron chi connectivity index (χ3n) is 2.58. The fraction of sp³-hybridized carbons (Fsp3) is 0.571. The molecule has 1 aromatic carbocycles. The Bertz CT molecular complexity index is 334. The van der Waals surface area contributed by atoms with E-state index in [9.17, 15) is 0 Å². The minimum atomic E-state index is 0.468. The smallest absolute Gasteiger partial charge is 0.122 e. The zero-order chi connectivity index (χ0) is 12.1. The zero-order valence-electron chi connectivity index (χ0n) is 11.0. The molecule has 0 aliphatic rings. The van der Waals surface area contributed by atoms with Crippen LogP contribution in [0.5, 0.6) is 5.75 Å². The minimum Gasteiger partial charge on any atom is -0.496 e. The highest BCUT2D eigenvalue weighted by Crippen LogP contribution is 2.21. The summed E-state index contributed by atoms with van der Waals surface area (Å²) in [5, 5.41) is 3.51. The molecule has 1 N–H and O–H groups in total. The van der Waals surface area contributed by atoms with Crippen LogP contribution in [-0.2, 0) is 6.42 Å². The summed E-state index contributed by atoms with van der Waals surface area (Å²) in [6.07, 6.45) is 1.00. The summed E-state index contributed by atoms with van der Waals surface area (Å²) >= 11 is 0. The number of aryl methyl sites for hydroxylation is 1. The van der Waals surface area contributed by atoms with Gasteiger partial charge in [-0.05, 0) is 31.9 Å². The molecule has 0 heterocycles. The second kappa shape index (κ2) is 5.90. The van der Waals surface area contributed by atoms with Crippen molar-refractivity contribution >= 4 is 0 Å². The van der Waals surface area contributed by atoms with Crippen LogP contribution in [0.4, 0.5) is 0 Å². The maximum Gasteiger partial charge on any atom is 0.122 e. The number of ether oxygens (including phenoxy) is 1. The van der Waals surface area contributed by atoms with E-state index in [4.69, 9.17) is 4.74 Å². The molecule has 1 atom stereocenters. The third kappa shape index (κ3) is 3.86. The largest absolute Gasteiger partial charge is 0.496 e. The van der Waals surface area contributed by atoms with Gasteiger partial charge >= 0.3 is 0 Å². The molecule has 0 aromatic heterocycles. The first-order valence-corrected chi connectivity index (χ1v) is 5.92. The van der Waals surface area contributed by atoms with E-state index >= 15 is 0 Å². The van der Waals surface area contributed by atoms with Crippen LogP contribution in [0.25, 0.3) is 0 Å². The van der Waals surface area contributed by atoms with E-state index in [0.717, 1.165) is 12.2 Å². The Morgan fingerprint density at radius 1 is 1.25 bits per heavy atom. The van der Waals surface area contributed by atoms with Crippen molar-refractivity contribution in [1.29, 1.82) is 0 Å². The average Bonchev–Trinajstić information content (AvgIpc) is 2.16. The fourth-order valence-electron chi connectivity index (χ4n) is 2.02. The van der Waals surface area contributed by atoms with Crippen LogP contribution in [0.1, 0.15) is 31.9 Å². The number of rotatable bonds is 5. The van der Waals surface area contributed by atoms with Crippen molar-refractivity contribution in [2.45, 2.75) is 46.2 Å². The van der Waals surface area contributed by atoms with E-state index < -0.39 is 0 Å². The molecule has 0 fully saturated rings. The van der Waals surface area contributed by atoms with E-state index in [2.05, 4.69) is 45.1 Å². The second-order valence-electron chi connectivity index (χ2n) is 4.74. The molecule has 0 bridgehead atoms. The van der Waals surface area contributed by atoms with Crippen molar-refractivity contribution in [3.63, 3.8) is 0 Å². The summed E-state index contributed by atoms with van der Waals surface area (Å²) in [4.78, 5) is 0. The molecule has 2 heteroatoms. The van der Waals surface area contributed by atoms with Crippen molar-refractivity contribution < 1.29 is 4.74 Å². The van der Waals surface area contributed by atoms with E-state index in [1.807, 2.05) is 6.07 Å². The van der Waals surface area contributed by atoms with E-state index in [-0.39, 0.29) is 0 Å².